The normalized spacial score (nSPS) is 21.3. The van der Waals surface area contributed by atoms with Crippen LogP contribution in [0.5, 0.6) is 0 Å². The first kappa shape index (κ1) is 13.1. The van der Waals surface area contributed by atoms with E-state index < -0.39 is 0 Å². The zero-order chi connectivity index (χ0) is 13.1. The highest BCUT2D eigenvalue weighted by molar-refractivity contribution is 5.37. The van der Waals surface area contributed by atoms with Crippen LogP contribution in [0.4, 0.5) is 0 Å². The third kappa shape index (κ3) is 3.16. The zero-order valence-corrected chi connectivity index (χ0v) is 12.0. The molecule has 1 aromatic rings. The second kappa shape index (κ2) is 6.04. The number of hydrogen-bond donors (Lipinski definition) is 1. The highest BCUT2D eigenvalue weighted by Gasteiger charge is 2.16. The van der Waals surface area contributed by atoms with Crippen LogP contribution in [0, 0.1) is 0 Å². The first-order valence-corrected chi connectivity index (χ1v) is 7.54. The third-order valence-electron chi connectivity index (χ3n) is 4.54. The second-order valence-electron chi connectivity index (χ2n) is 5.88. The van der Waals surface area contributed by atoms with Crippen LogP contribution in [-0.4, -0.2) is 56.1 Å². The molecule has 3 nitrogen and oxygen atoms in total. The maximum Gasteiger partial charge on any atom is 0.0211 e. The first-order chi connectivity index (χ1) is 9.33. The Hall–Kier alpha value is -0.900. The summed E-state index contributed by atoms with van der Waals surface area (Å²) in [6.07, 6.45) is 2.40. The van der Waals surface area contributed by atoms with Crippen molar-refractivity contribution in [1.29, 1.82) is 0 Å². The van der Waals surface area contributed by atoms with Gasteiger partial charge in [-0.1, -0.05) is 18.2 Å². The fraction of sp³-hybridized carbons (Fsp3) is 0.625. The lowest BCUT2D eigenvalue weighted by atomic mass is 9.94. The SMILES string of the molecule is CN1CCN(CCc2cccc3c2CNCC3)CC1. The molecule has 0 unspecified atom stereocenters. The molecule has 1 saturated heterocycles. The van der Waals surface area contributed by atoms with Gasteiger partial charge in [-0.25, -0.2) is 0 Å². The van der Waals surface area contributed by atoms with Crippen molar-refractivity contribution in [3.63, 3.8) is 0 Å². The predicted molar refractivity (Wildman–Crippen MR) is 79.5 cm³/mol. The van der Waals surface area contributed by atoms with Gasteiger partial charge in [-0.05, 0) is 43.1 Å². The summed E-state index contributed by atoms with van der Waals surface area (Å²) in [7, 11) is 2.22. The molecule has 1 N–H and O–H groups in total. The zero-order valence-electron chi connectivity index (χ0n) is 12.0. The molecule has 1 fully saturated rings. The fourth-order valence-corrected chi connectivity index (χ4v) is 3.17. The summed E-state index contributed by atoms with van der Waals surface area (Å²) in [5.74, 6) is 0. The number of fused-ring (bicyclic) bond motifs is 1. The molecule has 2 heterocycles. The number of benzene rings is 1. The Morgan fingerprint density at radius 2 is 2.00 bits per heavy atom. The van der Waals surface area contributed by atoms with Crippen molar-refractivity contribution in [1.82, 2.24) is 15.1 Å². The van der Waals surface area contributed by atoms with E-state index in [4.69, 9.17) is 0 Å². The monoisotopic (exact) mass is 259 g/mol. The van der Waals surface area contributed by atoms with Gasteiger partial charge in [0.1, 0.15) is 0 Å². The lowest BCUT2D eigenvalue weighted by molar-refractivity contribution is 0.155. The van der Waals surface area contributed by atoms with Gasteiger partial charge < -0.3 is 15.1 Å². The number of nitrogens with one attached hydrogen (secondary N) is 1. The molecule has 0 atom stereocenters. The summed E-state index contributed by atoms with van der Waals surface area (Å²) in [6, 6.07) is 6.86. The van der Waals surface area contributed by atoms with E-state index in [2.05, 4.69) is 40.4 Å². The molecule has 2 aliphatic heterocycles. The van der Waals surface area contributed by atoms with Crippen LogP contribution in [-0.2, 0) is 19.4 Å². The minimum atomic E-state index is 1.06. The van der Waals surface area contributed by atoms with E-state index in [0.717, 1.165) is 13.1 Å². The summed E-state index contributed by atoms with van der Waals surface area (Å²) >= 11 is 0. The summed E-state index contributed by atoms with van der Waals surface area (Å²) in [5.41, 5.74) is 4.70. The Bertz CT molecular complexity index is 422. The van der Waals surface area contributed by atoms with E-state index in [0.29, 0.717) is 0 Å². The van der Waals surface area contributed by atoms with E-state index in [1.807, 2.05) is 0 Å². The molecule has 3 rings (SSSR count). The summed E-state index contributed by atoms with van der Waals surface area (Å²) in [5, 5.41) is 3.50. The first-order valence-electron chi connectivity index (χ1n) is 7.54. The number of rotatable bonds is 3. The Kier molecular flexibility index (Phi) is 4.16. The van der Waals surface area contributed by atoms with Gasteiger partial charge >= 0.3 is 0 Å². The van der Waals surface area contributed by atoms with Gasteiger partial charge in [0.25, 0.3) is 0 Å². The van der Waals surface area contributed by atoms with Crippen LogP contribution in [0.1, 0.15) is 16.7 Å². The number of likely N-dealkylation sites (N-methyl/N-ethyl adjacent to an activating group) is 1. The number of hydrogen-bond acceptors (Lipinski definition) is 3. The molecule has 0 bridgehead atoms. The van der Waals surface area contributed by atoms with Crippen molar-refractivity contribution in [2.75, 3.05) is 46.3 Å². The van der Waals surface area contributed by atoms with Crippen molar-refractivity contribution in [2.24, 2.45) is 0 Å². The maximum atomic E-state index is 3.50. The van der Waals surface area contributed by atoms with Gasteiger partial charge in [-0.2, -0.15) is 0 Å². The van der Waals surface area contributed by atoms with Gasteiger partial charge in [-0.3, -0.25) is 0 Å². The Labute approximate surface area is 116 Å². The second-order valence-corrected chi connectivity index (χ2v) is 5.88. The van der Waals surface area contributed by atoms with Crippen LogP contribution < -0.4 is 5.32 Å². The van der Waals surface area contributed by atoms with Crippen LogP contribution in [0.15, 0.2) is 18.2 Å². The molecule has 0 spiro atoms. The lowest BCUT2D eigenvalue weighted by Gasteiger charge is -2.32. The standard InChI is InChI=1S/C16H25N3/c1-18-9-11-19(12-10-18)8-6-15-4-2-3-14-5-7-17-13-16(14)15/h2-4,17H,5-13H2,1H3. The van der Waals surface area contributed by atoms with Gasteiger partial charge in [0, 0.05) is 39.3 Å². The molecule has 1 aromatic carbocycles. The Balaban J connectivity index is 1.61. The fourth-order valence-electron chi connectivity index (χ4n) is 3.17. The van der Waals surface area contributed by atoms with Crippen LogP contribution in [0.25, 0.3) is 0 Å². The van der Waals surface area contributed by atoms with E-state index in [-0.39, 0.29) is 0 Å². The molecule has 0 amide bonds. The van der Waals surface area contributed by atoms with Crippen LogP contribution in [0.2, 0.25) is 0 Å². The Morgan fingerprint density at radius 3 is 2.84 bits per heavy atom. The minimum absolute atomic E-state index is 1.06. The van der Waals surface area contributed by atoms with Crippen molar-refractivity contribution >= 4 is 0 Å². The lowest BCUT2D eigenvalue weighted by Crippen LogP contribution is -2.45. The maximum absolute atomic E-state index is 3.50. The largest absolute Gasteiger partial charge is 0.312 e. The van der Waals surface area contributed by atoms with Crippen molar-refractivity contribution < 1.29 is 0 Å². The number of nitrogens with zero attached hydrogens (tertiary/aromatic N) is 2. The van der Waals surface area contributed by atoms with Crippen molar-refractivity contribution in [2.45, 2.75) is 19.4 Å². The van der Waals surface area contributed by atoms with Gasteiger partial charge in [0.05, 0.1) is 0 Å². The minimum Gasteiger partial charge on any atom is -0.312 e. The Morgan fingerprint density at radius 1 is 1.16 bits per heavy atom. The average molecular weight is 259 g/mol. The van der Waals surface area contributed by atoms with Crippen molar-refractivity contribution in [3.05, 3.63) is 34.9 Å². The van der Waals surface area contributed by atoms with E-state index in [1.54, 1.807) is 16.7 Å². The molecule has 104 valence electrons. The van der Waals surface area contributed by atoms with Gasteiger partial charge in [0.2, 0.25) is 0 Å². The molecule has 3 heteroatoms. The predicted octanol–water partition coefficient (Wildman–Crippen LogP) is 1.12. The topological polar surface area (TPSA) is 18.5 Å². The summed E-state index contributed by atoms with van der Waals surface area (Å²) in [6.45, 7) is 8.30. The quantitative estimate of drug-likeness (QED) is 0.878. The summed E-state index contributed by atoms with van der Waals surface area (Å²) < 4.78 is 0. The molecular weight excluding hydrogens is 234 g/mol. The molecule has 2 aliphatic rings. The number of piperazine rings is 1. The van der Waals surface area contributed by atoms with Crippen molar-refractivity contribution in [3.8, 4) is 0 Å². The van der Waals surface area contributed by atoms with E-state index in [9.17, 15) is 0 Å². The summed E-state index contributed by atoms with van der Waals surface area (Å²) in [4.78, 5) is 5.03. The smallest absolute Gasteiger partial charge is 0.0211 e. The highest BCUT2D eigenvalue weighted by atomic mass is 15.2. The molecule has 0 radical (unpaired) electrons. The highest BCUT2D eigenvalue weighted by Crippen LogP contribution is 2.19. The molecule has 0 aromatic heterocycles. The van der Waals surface area contributed by atoms with Crippen LogP contribution >= 0.6 is 0 Å². The third-order valence-corrected chi connectivity index (χ3v) is 4.54. The van der Waals surface area contributed by atoms with Gasteiger partial charge in [0.15, 0.2) is 0 Å². The van der Waals surface area contributed by atoms with E-state index in [1.165, 1.54) is 45.6 Å². The molecular formula is C16H25N3. The van der Waals surface area contributed by atoms with Crippen LogP contribution in [0.3, 0.4) is 0 Å². The molecule has 19 heavy (non-hydrogen) atoms. The average Bonchev–Trinajstić information content (AvgIpc) is 2.47. The van der Waals surface area contributed by atoms with Gasteiger partial charge in [-0.15, -0.1) is 0 Å². The van der Waals surface area contributed by atoms with E-state index >= 15 is 0 Å². The molecule has 0 saturated carbocycles. The molecule has 0 aliphatic carbocycles.